The van der Waals surface area contributed by atoms with Crippen molar-refractivity contribution >= 4 is 68.1 Å². The highest BCUT2D eigenvalue weighted by molar-refractivity contribution is 8.01. The predicted octanol–water partition coefficient (Wildman–Crippen LogP) is 5.93. The van der Waals surface area contributed by atoms with E-state index in [1.807, 2.05) is 42.5 Å². The molecule has 3 aromatic carbocycles. The number of benzene rings is 3. The van der Waals surface area contributed by atoms with Crippen LogP contribution in [0.3, 0.4) is 0 Å². The third kappa shape index (κ3) is 4.99. The highest BCUT2D eigenvalue weighted by Crippen LogP contribution is 2.31. The maximum atomic E-state index is 12.4. The van der Waals surface area contributed by atoms with E-state index in [-0.39, 0.29) is 17.6 Å². The summed E-state index contributed by atoms with van der Waals surface area (Å²) in [6, 6.07) is 21.8. The molecule has 2 amide bonds. The van der Waals surface area contributed by atoms with Crippen molar-refractivity contribution in [3.05, 3.63) is 83.4 Å². The third-order valence-corrected chi connectivity index (χ3v) is 6.62. The summed E-state index contributed by atoms with van der Waals surface area (Å²) in [6.45, 7) is 0. The van der Waals surface area contributed by atoms with Gasteiger partial charge in [0, 0.05) is 11.4 Å². The van der Waals surface area contributed by atoms with E-state index in [1.54, 1.807) is 30.3 Å². The Morgan fingerprint density at radius 3 is 2.50 bits per heavy atom. The fraction of sp³-hybridized carbons (Fsp3) is 0.0455. The Hall–Kier alpha value is -2.87. The molecule has 1 aromatic heterocycles. The number of hydrogen-bond acceptors (Lipinski definition) is 5. The second-order valence-electron chi connectivity index (χ2n) is 6.30. The number of rotatable bonds is 6. The zero-order chi connectivity index (χ0) is 20.9. The minimum absolute atomic E-state index is 0.0850. The topological polar surface area (TPSA) is 71.1 Å². The summed E-state index contributed by atoms with van der Waals surface area (Å²) in [4.78, 5) is 29.1. The van der Waals surface area contributed by atoms with Crippen LogP contribution in [-0.4, -0.2) is 22.6 Å². The van der Waals surface area contributed by atoms with Crippen molar-refractivity contribution in [3.8, 4) is 0 Å². The molecule has 0 aliphatic carbocycles. The fourth-order valence-electron chi connectivity index (χ4n) is 2.73. The minimum Gasteiger partial charge on any atom is -0.325 e. The summed E-state index contributed by atoms with van der Waals surface area (Å²) in [5.74, 6) is -0.0834. The number of aromatic nitrogens is 1. The first-order chi connectivity index (χ1) is 14.6. The van der Waals surface area contributed by atoms with E-state index < -0.39 is 0 Å². The van der Waals surface area contributed by atoms with Gasteiger partial charge in [-0.1, -0.05) is 53.7 Å². The molecule has 5 nitrogen and oxygen atoms in total. The van der Waals surface area contributed by atoms with Gasteiger partial charge in [-0.25, -0.2) is 4.98 Å². The molecule has 0 bridgehead atoms. The lowest BCUT2D eigenvalue weighted by molar-refractivity contribution is -0.113. The molecule has 0 saturated heterocycles. The van der Waals surface area contributed by atoms with Crippen molar-refractivity contribution in [2.45, 2.75) is 4.34 Å². The van der Waals surface area contributed by atoms with Crippen LogP contribution in [0.1, 0.15) is 10.4 Å². The second-order valence-corrected chi connectivity index (χ2v) is 8.96. The van der Waals surface area contributed by atoms with E-state index in [2.05, 4.69) is 15.6 Å². The van der Waals surface area contributed by atoms with Gasteiger partial charge in [-0.2, -0.15) is 0 Å². The molecule has 30 heavy (non-hydrogen) atoms. The zero-order valence-corrected chi connectivity index (χ0v) is 18.0. The molecule has 2 N–H and O–H groups in total. The number of nitrogens with one attached hydrogen (secondary N) is 2. The molecule has 4 aromatic rings. The van der Waals surface area contributed by atoms with Crippen molar-refractivity contribution in [3.63, 3.8) is 0 Å². The molecular formula is C22H16ClN3O2S2. The summed E-state index contributed by atoms with van der Waals surface area (Å²) < 4.78 is 1.72. The average Bonchev–Trinajstić information content (AvgIpc) is 3.15. The Labute approximate surface area is 186 Å². The first-order valence-electron chi connectivity index (χ1n) is 9.03. The van der Waals surface area contributed by atoms with Gasteiger partial charge < -0.3 is 10.6 Å². The molecule has 0 saturated carbocycles. The molecular weight excluding hydrogens is 438 g/mol. The van der Waals surface area contributed by atoms with Crippen molar-refractivity contribution in [1.29, 1.82) is 0 Å². The molecule has 8 heteroatoms. The number of amides is 2. The number of nitrogens with zero attached hydrogens (tertiary/aromatic N) is 1. The number of para-hydroxylation sites is 1. The minimum atomic E-state index is -0.267. The van der Waals surface area contributed by atoms with Crippen LogP contribution in [0.15, 0.2) is 77.1 Å². The van der Waals surface area contributed by atoms with Gasteiger partial charge in [0.05, 0.1) is 26.6 Å². The van der Waals surface area contributed by atoms with E-state index >= 15 is 0 Å². The summed E-state index contributed by atoms with van der Waals surface area (Å²) in [5, 5.41) is 6.12. The lowest BCUT2D eigenvalue weighted by atomic mass is 10.2. The fourth-order valence-corrected chi connectivity index (χ4v) is 4.86. The molecule has 0 aliphatic heterocycles. The van der Waals surface area contributed by atoms with Gasteiger partial charge in [-0.05, 0) is 42.5 Å². The summed E-state index contributed by atoms with van der Waals surface area (Å²) in [6.07, 6.45) is 0. The van der Waals surface area contributed by atoms with E-state index in [9.17, 15) is 9.59 Å². The SMILES string of the molecule is O=C(CSc1nc2ccc(NC(=O)c3ccccc3Cl)cc2s1)Nc1ccccc1. The van der Waals surface area contributed by atoms with Crippen LogP contribution >= 0.6 is 34.7 Å². The van der Waals surface area contributed by atoms with Crippen molar-refractivity contribution in [1.82, 2.24) is 4.98 Å². The van der Waals surface area contributed by atoms with Crippen LogP contribution in [0, 0.1) is 0 Å². The normalized spacial score (nSPS) is 10.7. The number of thiazole rings is 1. The van der Waals surface area contributed by atoms with Crippen molar-refractivity contribution < 1.29 is 9.59 Å². The predicted molar refractivity (Wildman–Crippen MR) is 125 cm³/mol. The number of carbonyl (C=O) groups excluding carboxylic acids is 2. The van der Waals surface area contributed by atoms with Gasteiger partial charge in [0.25, 0.3) is 5.91 Å². The Balaban J connectivity index is 1.40. The van der Waals surface area contributed by atoms with E-state index in [4.69, 9.17) is 11.6 Å². The van der Waals surface area contributed by atoms with Crippen LogP contribution < -0.4 is 10.6 Å². The second kappa shape index (κ2) is 9.30. The number of fused-ring (bicyclic) bond motifs is 1. The number of halogens is 1. The van der Waals surface area contributed by atoms with Crippen LogP contribution in [-0.2, 0) is 4.79 Å². The zero-order valence-electron chi connectivity index (χ0n) is 15.6. The van der Waals surface area contributed by atoms with Crippen LogP contribution in [0.25, 0.3) is 10.2 Å². The molecule has 0 fully saturated rings. The first-order valence-corrected chi connectivity index (χ1v) is 11.2. The van der Waals surface area contributed by atoms with Crippen LogP contribution in [0.5, 0.6) is 0 Å². The van der Waals surface area contributed by atoms with Crippen LogP contribution in [0.4, 0.5) is 11.4 Å². The van der Waals surface area contributed by atoms with E-state index in [0.29, 0.717) is 16.3 Å². The molecule has 0 spiro atoms. The largest absolute Gasteiger partial charge is 0.325 e. The van der Waals surface area contributed by atoms with Gasteiger partial charge in [0.2, 0.25) is 5.91 Å². The highest BCUT2D eigenvalue weighted by Gasteiger charge is 2.12. The summed E-state index contributed by atoms with van der Waals surface area (Å²) >= 11 is 8.95. The Bertz CT molecular complexity index is 1210. The lowest BCUT2D eigenvalue weighted by Gasteiger charge is -2.06. The standard InChI is InChI=1S/C22H16ClN3O2S2/c23-17-9-5-4-8-16(17)21(28)25-15-10-11-18-19(12-15)30-22(26-18)29-13-20(27)24-14-6-2-1-3-7-14/h1-12H,13H2,(H,24,27)(H,25,28). The van der Waals surface area contributed by atoms with Gasteiger partial charge >= 0.3 is 0 Å². The van der Waals surface area contributed by atoms with E-state index in [1.165, 1.54) is 23.1 Å². The maximum Gasteiger partial charge on any atom is 0.257 e. The summed E-state index contributed by atoms with van der Waals surface area (Å²) in [5.41, 5.74) is 2.67. The molecule has 0 aliphatic rings. The smallest absolute Gasteiger partial charge is 0.257 e. The number of hydrogen-bond donors (Lipinski definition) is 2. The maximum absolute atomic E-state index is 12.4. The van der Waals surface area contributed by atoms with Gasteiger partial charge in [0.15, 0.2) is 4.34 Å². The molecule has 4 rings (SSSR count). The van der Waals surface area contributed by atoms with Gasteiger partial charge in [-0.15, -0.1) is 11.3 Å². The molecule has 1 heterocycles. The Kier molecular flexibility index (Phi) is 6.32. The lowest BCUT2D eigenvalue weighted by Crippen LogP contribution is -2.13. The third-order valence-electron chi connectivity index (χ3n) is 4.13. The number of anilines is 2. The monoisotopic (exact) mass is 453 g/mol. The average molecular weight is 454 g/mol. The molecule has 0 radical (unpaired) electrons. The van der Waals surface area contributed by atoms with Gasteiger partial charge in [0.1, 0.15) is 0 Å². The molecule has 0 unspecified atom stereocenters. The highest BCUT2D eigenvalue weighted by atomic mass is 35.5. The first kappa shape index (κ1) is 20.4. The quantitative estimate of drug-likeness (QED) is 0.355. The number of carbonyl (C=O) groups is 2. The van der Waals surface area contributed by atoms with Crippen molar-refractivity contribution in [2.24, 2.45) is 0 Å². The summed E-state index contributed by atoms with van der Waals surface area (Å²) in [7, 11) is 0. The molecule has 150 valence electrons. The van der Waals surface area contributed by atoms with Crippen molar-refractivity contribution in [2.75, 3.05) is 16.4 Å². The Morgan fingerprint density at radius 2 is 1.70 bits per heavy atom. The van der Waals surface area contributed by atoms with Crippen LogP contribution in [0.2, 0.25) is 5.02 Å². The number of thioether (sulfide) groups is 1. The Morgan fingerprint density at radius 1 is 0.933 bits per heavy atom. The van der Waals surface area contributed by atoms with E-state index in [0.717, 1.165) is 20.2 Å². The molecule has 0 atom stereocenters. The van der Waals surface area contributed by atoms with Gasteiger partial charge in [-0.3, -0.25) is 9.59 Å².